The Bertz CT molecular complexity index is 298. The van der Waals surface area contributed by atoms with E-state index in [0.29, 0.717) is 5.75 Å². The Balaban J connectivity index is 2.49. The Hall–Kier alpha value is -0.650. The normalized spacial score (nSPS) is 11.9. The Labute approximate surface area is 94.9 Å². The summed E-state index contributed by atoms with van der Waals surface area (Å²) in [5, 5.41) is 0. The quantitative estimate of drug-likeness (QED) is 0.771. The topological polar surface area (TPSA) is 9.23 Å². The first kappa shape index (κ1) is 11.4. The van der Waals surface area contributed by atoms with Gasteiger partial charge in [0, 0.05) is 0 Å². The average Bonchev–Trinajstić information content (AvgIpc) is 2.17. The van der Waals surface area contributed by atoms with E-state index in [1.807, 2.05) is 0 Å². The standard InChI is InChI=1S/C10H9F2IO/c11-10(12,6-7-13)8-14-9-4-2-1-3-5-9/h1-7H,8H2/b7-6+. The smallest absolute Gasteiger partial charge is 0.300 e. The van der Waals surface area contributed by atoms with Gasteiger partial charge in [0.25, 0.3) is 5.92 Å². The van der Waals surface area contributed by atoms with Crippen LogP contribution >= 0.6 is 22.6 Å². The van der Waals surface area contributed by atoms with Crippen molar-refractivity contribution in [2.24, 2.45) is 0 Å². The first-order chi connectivity index (χ1) is 6.64. The van der Waals surface area contributed by atoms with Crippen molar-refractivity contribution in [3.05, 3.63) is 40.5 Å². The van der Waals surface area contributed by atoms with Crippen LogP contribution < -0.4 is 4.74 Å². The second-order valence-corrected chi connectivity index (χ2v) is 3.37. The summed E-state index contributed by atoms with van der Waals surface area (Å²) in [6.45, 7) is -0.628. The SMILES string of the molecule is FC(F)(/C=C/I)COc1ccccc1. The highest BCUT2D eigenvalue weighted by Gasteiger charge is 2.25. The molecule has 0 saturated carbocycles. The van der Waals surface area contributed by atoms with Gasteiger partial charge in [-0.1, -0.05) is 40.8 Å². The van der Waals surface area contributed by atoms with Crippen molar-refractivity contribution in [3.63, 3.8) is 0 Å². The molecule has 0 saturated heterocycles. The molecule has 1 nitrogen and oxygen atoms in total. The van der Waals surface area contributed by atoms with Crippen LogP contribution in [0.2, 0.25) is 0 Å². The molecule has 4 heteroatoms. The molecule has 1 aromatic rings. The Morgan fingerprint density at radius 3 is 2.50 bits per heavy atom. The summed E-state index contributed by atoms with van der Waals surface area (Å²) in [4.78, 5) is 0. The fraction of sp³-hybridized carbons (Fsp3) is 0.200. The second-order valence-electron chi connectivity index (χ2n) is 2.66. The number of rotatable bonds is 4. The molecule has 0 fully saturated rings. The number of halogens is 3. The highest BCUT2D eigenvalue weighted by Crippen LogP contribution is 2.18. The molecule has 1 aromatic carbocycles. The van der Waals surface area contributed by atoms with Crippen LogP contribution in [0, 0.1) is 0 Å². The molecule has 0 aliphatic rings. The molecule has 0 aliphatic carbocycles. The van der Waals surface area contributed by atoms with Crippen molar-refractivity contribution in [1.82, 2.24) is 0 Å². The highest BCUT2D eigenvalue weighted by molar-refractivity contribution is 14.1. The number of ether oxygens (including phenoxy) is 1. The van der Waals surface area contributed by atoms with E-state index in [0.717, 1.165) is 6.08 Å². The molecular formula is C10H9F2IO. The van der Waals surface area contributed by atoms with Gasteiger partial charge in [0.15, 0.2) is 6.61 Å². The third-order valence-electron chi connectivity index (χ3n) is 1.48. The maximum atomic E-state index is 12.9. The number of hydrogen-bond acceptors (Lipinski definition) is 1. The summed E-state index contributed by atoms with van der Waals surface area (Å²) in [5.41, 5.74) is 0. The first-order valence-electron chi connectivity index (χ1n) is 3.98. The third kappa shape index (κ3) is 4.04. The number of para-hydroxylation sites is 1. The zero-order valence-electron chi connectivity index (χ0n) is 7.29. The Kier molecular flexibility index (Phi) is 4.31. The van der Waals surface area contributed by atoms with Crippen LogP contribution in [0.3, 0.4) is 0 Å². The van der Waals surface area contributed by atoms with Crippen molar-refractivity contribution in [1.29, 1.82) is 0 Å². The van der Waals surface area contributed by atoms with Gasteiger partial charge in [-0.05, 0) is 22.3 Å². The lowest BCUT2D eigenvalue weighted by atomic mass is 10.3. The van der Waals surface area contributed by atoms with E-state index in [-0.39, 0.29) is 0 Å². The van der Waals surface area contributed by atoms with Crippen molar-refractivity contribution in [2.45, 2.75) is 5.92 Å². The average molecular weight is 310 g/mol. The molecule has 0 atom stereocenters. The fourth-order valence-corrected chi connectivity index (χ4v) is 1.36. The van der Waals surface area contributed by atoms with E-state index in [2.05, 4.69) is 0 Å². The first-order valence-corrected chi connectivity index (χ1v) is 5.22. The summed E-state index contributed by atoms with van der Waals surface area (Å²) in [6.07, 6.45) is 0.816. The largest absolute Gasteiger partial charge is 0.487 e. The highest BCUT2D eigenvalue weighted by atomic mass is 127. The molecule has 76 valence electrons. The Morgan fingerprint density at radius 1 is 1.29 bits per heavy atom. The van der Waals surface area contributed by atoms with E-state index in [4.69, 9.17) is 4.74 Å². The van der Waals surface area contributed by atoms with Gasteiger partial charge in [-0.15, -0.1) is 0 Å². The molecule has 0 aliphatic heterocycles. The van der Waals surface area contributed by atoms with Crippen molar-refractivity contribution < 1.29 is 13.5 Å². The van der Waals surface area contributed by atoms with Gasteiger partial charge in [0.05, 0.1) is 0 Å². The van der Waals surface area contributed by atoms with Gasteiger partial charge in [0.2, 0.25) is 0 Å². The van der Waals surface area contributed by atoms with Gasteiger partial charge >= 0.3 is 0 Å². The number of alkyl halides is 2. The molecule has 14 heavy (non-hydrogen) atoms. The summed E-state index contributed by atoms with van der Waals surface area (Å²) in [5.74, 6) is -2.45. The van der Waals surface area contributed by atoms with Gasteiger partial charge in [-0.2, -0.15) is 8.78 Å². The lowest BCUT2D eigenvalue weighted by Gasteiger charge is -2.12. The molecule has 0 aromatic heterocycles. The fourth-order valence-electron chi connectivity index (χ4n) is 0.837. The lowest BCUT2D eigenvalue weighted by molar-refractivity contribution is 0.00538. The summed E-state index contributed by atoms with van der Waals surface area (Å²) in [7, 11) is 0. The van der Waals surface area contributed by atoms with Crippen molar-refractivity contribution in [3.8, 4) is 5.75 Å². The molecule has 0 heterocycles. The molecule has 0 bridgehead atoms. The predicted molar refractivity (Wildman–Crippen MR) is 60.0 cm³/mol. The summed E-state index contributed by atoms with van der Waals surface area (Å²) in [6, 6.07) is 8.56. The molecule has 0 unspecified atom stereocenters. The van der Waals surface area contributed by atoms with Crippen LogP contribution in [-0.4, -0.2) is 12.5 Å². The zero-order chi connectivity index (χ0) is 10.4. The minimum absolute atomic E-state index is 0.453. The van der Waals surface area contributed by atoms with E-state index in [9.17, 15) is 8.78 Å². The maximum absolute atomic E-state index is 12.9. The molecular weight excluding hydrogens is 301 g/mol. The van der Waals surface area contributed by atoms with Crippen LogP contribution in [0.15, 0.2) is 40.5 Å². The van der Waals surface area contributed by atoms with E-state index in [1.165, 1.54) is 4.08 Å². The van der Waals surface area contributed by atoms with Crippen LogP contribution in [0.5, 0.6) is 5.75 Å². The van der Waals surface area contributed by atoms with E-state index >= 15 is 0 Å². The number of benzene rings is 1. The molecule has 0 N–H and O–H groups in total. The van der Waals surface area contributed by atoms with Gasteiger partial charge < -0.3 is 4.74 Å². The van der Waals surface area contributed by atoms with Crippen molar-refractivity contribution >= 4 is 22.6 Å². The monoisotopic (exact) mass is 310 g/mol. The van der Waals surface area contributed by atoms with Crippen LogP contribution in [0.25, 0.3) is 0 Å². The van der Waals surface area contributed by atoms with Gasteiger partial charge in [0.1, 0.15) is 5.75 Å². The van der Waals surface area contributed by atoms with Gasteiger partial charge in [-0.3, -0.25) is 0 Å². The Morgan fingerprint density at radius 2 is 1.93 bits per heavy atom. The molecule has 0 spiro atoms. The third-order valence-corrected chi connectivity index (χ3v) is 1.84. The second kappa shape index (κ2) is 5.29. The van der Waals surface area contributed by atoms with Crippen LogP contribution in [0.1, 0.15) is 0 Å². The summed E-state index contributed by atoms with van der Waals surface area (Å²) >= 11 is 1.75. The minimum atomic E-state index is -2.91. The molecule has 0 radical (unpaired) electrons. The summed E-state index contributed by atoms with van der Waals surface area (Å²) < 4.78 is 32.0. The van der Waals surface area contributed by atoms with Crippen molar-refractivity contribution in [2.75, 3.05) is 6.61 Å². The predicted octanol–water partition coefficient (Wildman–Crippen LogP) is 3.65. The van der Waals surface area contributed by atoms with Crippen LogP contribution in [0.4, 0.5) is 8.78 Å². The molecule has 0 amide bonds. The van der Waals surface area contributed by atoms with E-state index in [1.54, 1.807) is 52.9 Å². The number of hydrogen-bond donors (Lipinski definition) is 0. The lowest BCUT2D eigenvalue weighted by Crippen LogP contribution is -2.22. The van der Waals surface area contributed by atoms with Crippen LogP contribution in [-0.2, 0) is 0 Å². The minimum Gasteiger partial charge on any atom is -0.487 e. The van der Waals surface area contributed by atoms with Gasteiger partial charge in [-0.25, -0.2) is 0 Å². The zero-order valence-corrected chi connectivity index (χ0v) is 9.45. The maximum Gasteiger partial charge on any atom is 0.300 e. The molecule has 1 rings (SSSR count). The van der Waals surface area contributed by atoms with E-state index < -0.39 is 12.5 Å².